The number of aliphatic hydroxyl groups is 3. The standard InChI is InChI=1S/C37H70N14O11/c38-9-1-5-19(39)13-25(54)44-10-2-6-20(40)14-26(55)45-11-3-7-21(41)15-27(56)46-12-4-8-22(42)16-28(57)48-31-32(58)33(62-36(43)60)24(18-52)61-35(31)51-37-49-29-23(53)17-47-34(59)30(29)50-37/h19-24,29-33,35,52-53,58H,1-18,38-42H2,(H2,43,60)(H,44,54)(H,45,55)(H,46,56)(H,47,59)(H,48,57)(H2,49,50,51)/t19?,20?,21?,22?,23-,24-,29-,30+,31-,32+,33+,35-/m1/s1. The summed E-state index contributed by atoms with van der Waals surface area (Å²) in [6.07, 6.45) is -3.15. The summed E-state index contributed by atoms with van der Waals surface area (Å²) >= 11 is 0. The van der Waals surface area contributed by atoms with Crippen molar-refractivity contribution < 1.29 is 53.6 Å². The van der Waals surface area contributed by atoms with E-state index in [0.29, 0.717) is 64.6 Å². The quantitative estimate of drug-likeness (QED) is 0.0341. The van der Waals surface area contributed by atoms with Crippen LogP contribution in [0.5, 0.6) is 0 Å². The number of hydrogen-bond acceptors (Lipinski definition) is 19. The molecule has 6 amide bonds. The minimum absolute atomic E-state index is 0.00971. The molecule has 0 aliphatic carbocycles. The fourth-order valence-electron chi connectivity index (χ4n) is 7.32. The van der Waals surface area contributed by atoms with Gasteiger partial charge in [0.15, 0.2) is 24.3 Å². The number of carbonyl (C=O) groups is 6. The summed E-state index contributed by atoms with van der Waals surface area (Å²) < 4.78 is 10.9. The molecule has 0 aromatic heterocycles. The van der Waals surface area contributed by atoms with Crippen LogP contribution < -0.4 is 71.6 Å². The molecule has 4 unspecified atom stereocenters. The first-order valence-corrected chi connectivity index (χ1v) is 21.3. The Balaban J connectivity index is 1.31. The molecular weight excluding hydrogens is 816 g/mol. The number of rotatable bonds is 27. The zero-order chi connectivity index (χ0) is 45.8. The average Bonchev–Trinajstić information content (AvgIpc) is 3.64. The van der Waals surface area contributed by atoms with Gasteiger partial charge in [-0.15, -0.1) is 0 Å². The van der Waals surface area contributed by atoms with Crippen LogP contribution in [0.1, 0.15) is 77.0 Å². The van der Waals surface area contributed by atoms with Crippen LogP contribution in [0.4, 0.5) is 4.79 Å². The van der Waals surface area contributed by atoms with Gasteiger partial charge in [-0.1, -0.05) is 0 Å². The molecule has 2 fully saturated rings. The Morgan fingerprint density at radius 1 is 0.790 bits per heavy atom. The summed E-state index contributed by atoms with van der Waals surface area (Å²) in [4.78, 5) is 78.0. The second-order valence-corrected chi connectivity index (χ2v) is 16.1. The van der Waals surface area contributed by atoms with Gasteiger partial charge in [-0.3, -0.25) is 24.0 Å². The number of guanidine groups is 1. The van der Waals surface area contributed by atoms with E-state index in [1.807, 2.05) is 0 Å². The number of aliphatic hydroxyl groups excluding tert-OH is 3. The first-order valence-electron chi connectivity index (χ1n) is 21.3. The van der Waals surface area contributed by atoms with Crippen LogP contribution in [0.2, 0.25) is 0 Å². The Hall–Kier alpha value is -4.47. The number of primary amides is 1. The molecule has 0 spiro atoms. The predicted octanol–water partition coefficient (Wildman–Crippen LogP) is -6.91. The molecule has 3 rings (SSSR count). The molecule has 0 aromatic rings. The van der Waals surface area contributed by atoms with Crippen molar-refractivity contribution in [2.45, 2.75) is 150 Å². The summed E-state index contributed by atoms with van der Waals surface area (Å²) in [5.41, 5.74) is 35.0. The van der Waals surface area contributed by atoms with Crippen LogP contribution in [-0.2, 0) is 33.4 Å². The van der Waals surface area contributed by atoms with Crippen LogP contribution in [-0.4, -0.2) is 169 Å². The number of nitrogens with one attached hydrogen (secondary N) is 7. The van der Waals surface area contributed by atoms with Crippen molar-refractivity contribution in [3.8, 4) is 0 Å². The van der Waals surface area contributed by atoms with E-state index in [1.165, 1.54) is 0 Å². The maximum atomic E-state index is 13.2. The lowest BCUT2D eigenvalue weighted by molar-refractivity contribution is -0.198. The van der Waals surface area contributed by atoms with Crippen LogP contribution in [0.15, 0.2) is 4.99 Å². The zero-order valence-electron chi connectivity index (χ0n) is 35.2. The predicted molar refractivity (Wildman–Crippen MR) is 224 cm³/mol. The molecule has 25 heteroatoms. The molecule has 0 radical (unpaired) electrons. The van der Waals surface area contributed by atoms with Gasteiger partial charge < -0.3 is 96.4 Å². The number of piperidine rings is 1. The van der Waals surface area contributed by atoms with Crippen LogP contribution >= 0.6 is 0 Å². The normalized spacial score (nSPS) is 26.3. The number of nitrogens with zero attached hydrogens (tertiary/aromatic N) is 1. The first-order chi connectivity index (χ1) is 29.5. The van der Waals surface area contributed by atoms with Crippen LogP contribution in [0.3, 0.4) is 0 Å². The maximum Gasteiger partial charge on any atom is 0.404 e. The molecule has 0 saturated carbocycles. The van der Waals surface area contributed by atoms with E-state index in [2.05, 4.69) is 42.2 Å². The SMILES string of the molecule is NCCCC(N)CC(=O)NCCCC(N)CC(=O)NCCCC(N)CC(=O)NCCCC(N)CC(=O)N[C@@H]1[C@H](O)[C@@H](OC(N)=O)[C@@H](CO)O[C@H]1NC1=N[C@@H]2C(=O)NC[C@@H](O)[C@H]2N1. The summed E-state index contributed by atoms with van der Waals surface area (Å²) in [6.45, 7) is 0.932. The number of fused-ring (bicyclic) bond motifs is 1. The molecule has 3 aliphatic rings. The number of aliphatic imine (C=N–C) groups is 1. The molecule has 3 aliphatic heterocycles. The third kappa shape index (κ3) is 18.1. The fourth-order valence-corrected chi connectivity index (χ4v) is 7.32. The largest absolute Gasteiger partial charge is 0.441 e. The second-order valence-electron chi connectivity index (χ2n) is 16.1. The van der Waals surface area contributed by atoms with E-state index >= 15 is 0 Å². The molecule has 0 bridgehead atoms. The monoisotopic (exact) mass is 887 g/mol. The Morgan fingerprint density at radius 2 is 1.27 bits per heavy atom. The van der Waals surface area contributed by atoms with E-state index < -0.39 is 85.4 Å². The van der Waals surface area contributed by atoms with Crippen LogP contribution in [0.25, 0.3) is 0 Å². The number of amides is 6. The van der Waals surface area contributed by atoms with Crippen molar-refractivity contribution in [2.24, 2.45) is 39.4 Å². The lowest BCUT2D eigenvalue weighted by Gasteiger charge is -2.44. The summed E-state index contributed by atoms with van der Waals surface area (Å²) in [7, 11) is 0. The molecule has 2 saturated heterocycles. The van der Waals surface area contributed by atoms with Gasteiger partial charge in [0.05, 0.1) is 18.8 Å². The third-order valence-corrected chi connectivity index (χ3v) is 10.6. The third-order valence-electron chi connectivity index (χ3n) is 10.6. The molecule has 3 heterocycles. The van der Waals surface area contributed by atoms with Crippen molar-refractivity contribution in [3.05, 3.63) is 0 Å². The first kappa shape index (κ1) is 51.9. The summed E-state index contributed by atoms with van der Waals surface area (Å²) in [5, 5.41) is 50.8. The van der Waals surface area contributed by atoms with E-state index in [0.717, 1.165) is 6.42 Å². The van der Waals surface area contributed by atoms with Gasteiger partial charge in [-0.2, -0.15) is 0 Å². The smallest absolute Gasteiger partial charge is 0.404 e. The topological polar surface area (TPSA) is 434 Å². The lowest BCUT2D eigenvalue weighted by Crippen LogP contribution is -2.70. The minimum Gasteiger partial charge on any atom is -0.441 e. The number of carbonyl (C=O) groups excluding carboxylic acids is 6. The number of nitrogens with two attached hydrogens (primary N) is 6. The zero-order valence-corrected chi connectivity index (χ0v) is 35.2. The summed E-state index contributed by atoms with van der Waals surface area (Å²) in [5.74, 6) is -1.59. The molecule has 12 atom stereocenters. The molecule has 25 nitrogen and oxygen atoms in total. The van der Waals surface area contributed by atoms with E-state index in [9.17, 15) is 44.1 Å². The Bertz CT molecular complexity index is 1500. The van der Waals surface area contributed by atoms with Crippen molar-refractivity contribution in [3.63, 3.8) is 0 Å². The fraction of sp³-hybridized carbons (Fsp3) is 0.811. The van der Waals surface area contributed by atoms with E-state index in [1.54, 1.807) is 0 Å². The average molecular weight is 887 g/mol. The summed E-state index contributed by atoms with van der Waals surface area (Å²) in [6, 6.07) is -4.69. The second kappa shape index (κ2) is 26.9. The van der Waals surface area contributed by atoms with Gasteiger partial charge in [0.25, 0.3) is 0 Å². The number of β-amino-alcohol motifs (C(OH)–C–C–N with tert-alkyl or cyclic N) is 1. The molecule has 62 heavy (non-hydrogen) atoms. The van der Waals surface area contributed by atoms with Gasteiger partial charge in [-0.25, -0.2) is 9.79 Å². The van der Waals surface area contributed by atoms with Crippen molar-refractivity contribution >= 4 is 41.6 Å². The molecular formula is C37H70N14O11. The van der Waals surface area contributed by atoms with Crippen molar-refractivity contribution in [2.75, 3.05) is 39.3 Å². The highest BCUT2D eigenvalue weighted by molar-refractivity contribution is 5.92. The van der Waals surface area contributed by atoms with Gasteiger partial charge in [0, 0.05) is 76.0 Å². The number of hydrogen-bond donors (Lipinski definition) is 16. The molecule has 354 valence electrons. The van der Waals surface area contributed by atoms with Gasteiger partial charge in [0.2, 0.25) is 29.5 Å². The highest BCUT2D eigenvalue weighted by Crippen LogP contribution is 2.24. The Labute approximate surface area is 360 Å². The maximum absolute atomic E-state index is 13.2. The van der Waals surface area contributed by atoms with Crippen molar-refractivity contribution in [1.29, 1.82) is 0 Å². The highest BCUT2D eigenvalue weighted by Gasteiger charge is 2.49. The van der Waals surface area contributed by atoms with Gasteiger partial charge in [0.1, 0.15) is 18.2 Å². The highest BCUT2D eigenvalue weighted by atomic mass is 16.6. The number of ether oxygens (including phenoxy) is 2. The lowest BCUT2D eigenvalue weighted by atomic mass is 9.95. The Morgan fingerprint density at radius 3 is 1.73 bits per heavy atom. The van der Waals surface area contributed by atoms with Gasteiger partial charge >= 0.3 is 6.09 Å². The van der Waals surface area contributed by atoms with E-state index in [4.69, 9.17) is 43.9 Å². The van der Waals surface area contributed by atoms with Gasteiger partial charge in [-0.05, 0) is 57.9 Å². The minimum atomic E-state index is -1.64. The van der Waals surface area contributed by atoms with Crippen molar-refractivity contribution in [1.82, 2.24) is 37.2 Å². The molecule has 0 aromatic carbocycles. The Kier molecular flexibility index (Phi) is 22.5. The van der Waals surface area contributed by atoms with Crippen LogP contribution in [0, 0.1) is 0 Å². The molecule has 22 N–H and O–H groups in total. The van der Waals surface area contributed by atoms with E-state index in [-0.39, 0.29) is 74.5 Å².